The normalized spacial score (nSPS) is 38.8. The molecule has 0 radical (unpaired) electrons. The van der Waals surface area contributed by atoms with Crippen LogP contribution in [0.15, 0.2) is 0 Å². The molecule has 2 fully saturated rings. The van der Waals surface area contributed by atoms with Gasteiger partial charge in [-0.25, -0.2) is 0 Å². The summed E-state index contributed by atoms with van der Waals surface area (Å²) in [5.41, 5.74) is 0. The summed E-state index contributed by atoms with van der Waals surface area (Å²) < 4.78 is 5.53. The fourth-order valence-electron chi connectivity index (χ4n) is 2.29. The van der Waals surface area contributed by atoms with Crippen molar-refractivity contribution >= 4 is 11.8 Å². The summed E-state index contributed by atoms with van der Waals surface area (Å²) in [5, 5.41) is 4.58. The Balaban J connectivity index is 1.64. The molecule has 82 valence electrons. The average Bonchev–Trinajstić information content (AvgIpc) is 2.67. The van der Waals surface area contributed by atoms with Gasteiger partial charge >= 0.3 is 0 Å². The highest BCUT2D eigenvalue weighted by Gasteiger charge is 2.21. The second-order valence-electron chi connectivity index (χ2n) is 4.45. The Hall–Kier alpha value is 0.270. The van der Waals surface area contributed by atoms with Gasteiger partial charge in [0.05, 0.1) is 6.10 Å². The molecule has 2 heterocycles. The number of ether oxygens (including phenoxy) is 1. The lowest BCUT2D eigenvalue weighted by Gasteiger charge is -2.28. The predicted octanol–water partition coefficient (Wildman–Crippen LogP) is 2.04. The molecule has 2 nitrogen and oxygen atoms in total. The van der Waals surface area contributed by atoms with Crippen LogP contribution in [0, 0.1) is 0 Å². The summed E-state index contributed by atoms with van der Waals surface area (Å²) in [6.45, 7) is 4.33. The number of rotatable bonds is 3. The summed E-state index contributed by atoms with van der Waals surface area (Å²) in [4.78, 5) is 0. The van der Waals surface area contributed by atoms with E-state index in [2.05, 4.69) is 24.0 Å². The molecule has 0 saturated carbocycles. The first kappa shape index (κ1) is 10.8. The van der Waals surface area contributed by atoms with Gasteiger partial charge < -0.3 is 10.1 Å². The molecule has 0 aromatic carbocycles. The van der Waals surface area contributed by atoms with Crippen molar-refractivity contribution in [3.8, 4) is 0 Å². The van der Waals surface area contributed by atoms with E-state index >= 15 is 0 Å². The Morgan fingerprint density at radius 3 is 3.07 bits per heavy atom. The van der Waals surface area contributed by atoms with Crippen LogP contribution in [0.1, 0.15) is 32.6 Å². The van der Waals surface area contributed by atoms with Crippen LogP contribution >= 0.6 is 11.8 Å². The molecule has 3 unspecified atom stereocenters. The van der Waals surface area contributed by atoms with Gasteiger partial charge in [-0.3, -0.25) is 0 Å². The predicted molar refractivity (Wildman–Crippen MR) is 61.9 cm³/mol. The highest BCUT2D eigenvalue weighted by molar-refractivity contribution is 8.00. The van der Waals surface area contributed by atoms with Gasteiger partial charge in [-0.05, 0) is 38.4 Å². The Morgan fingerprint density at radius 2 is 2.36 bits per heavy atom. The van der Waals surface area contributed by atoms with E-state index < -0.39 is 0 Å². The van der Waals surface area contributed by atoms with E-state index in [4.69, 9.17) is 4.74 Å². The van der Waals surface area contributed by atoms with E-state index in [0.717, 1.165) is 11.9 Å². The summed E-state index contributed by atoms with van der Waals surface area (Å²) in [6.07, 6.45) is 5.67. The van der Waals surface area contributed by atoms with Crippen molar-refractivity contribution in [3.05, 3.63) is 0 Å². The zero-order chi connectivity index (χ0) is 9.80. The fourth-order valence-corrected chi connectivity index (χ4v) is 3.50. The SMILES string of the molecule is CC1CC(NCC2CCCS2)CCO1. The molecule has 0 spiro atoms. The average molecular weight is 215 g/mol. The molecule has 14 heavy (non-hydrogen) atoms. The highest BCUT2D eigenvalue weighted by Crippen LogP contribution is 2.25. The fraction of sp³-hybridized carbons (Fsp3) is 1.00. The van der Waals surface area contributed by atoms with Crippen molar-refractivity contribution in [2.45, 2.75) is 50.0 Å². The molecule has 0 aromatic rings. The molecular weight excluding hydrogens is 194 g/mol. The third-order valence-electron chi connectivity index (χ3n) is 3.14. The maximum atomic E-state index is 5.53. The molecule has 2 aliphatic heterocycles. The summed E-state index contributed by atoms with van der Waals surface area (Å²) in [5.74, 6) is 1.37. The minimum atomic E-state index is 0.456. The molecule has 0 aliphatic carbocycles. The van der Waals surface area contributed by atoms with Crippen LogP contribution < -0.4 is 5.32 Å². The third kappa shape index (κ3) is 3.14. The van der Waals surface area contributed by atoms with Gasteiger partial charge in [0, 0.05) is 24.4 Å². The molecule has 0 amide bonds. The molecule has 3 heteroatoms. The first-order valence-electron chi connectivity index (χ1n) is 5.81. The summed E-state index contributed by atoms with van der Waals surface area (Å²) in [6, 6.07) is 0.708. The molecule has 0 bridgehead atoms. The monoisotopic (exact) mass is 215 g/mol. The smallest absolute Gasteiger partial charge is 0.0561 e. The molecule has 2 rings (SSSR count). The minimum absolute atomic E-state index is 0.456. The van der Waals surface area contributed by atoms with Crippen molar-refractivity contribution in [2.24, 2.45) is 0 Å². The second-order valence-corrected chi connectivity index (χ2v) is 5.85. The van der Waals surface area contributed by atoms with Gasteiger partial charge in [-0.15, -0.1) is 0 Å². The van der Waals surface area contributed by atoms with Gasteiger partial charge in [-0.2, -0.15) is 11.8 Å². The van der Waals surface area contributed by atoms with Gasteiger partial charge in [0.1, 0.15) is 0 Å². The van der Waals surface area contributed by atoms with Crippen molar-refractivity contribution < 1.29 is 4.74 Å². The quantitative estimate of drug-likeness (QED) is 0.778. The number of thioether (sulfide) groups is 1. The Kier molecular flexibility index (Phi) is 4.14. The zero-order valence-corrected chi connectivity index (χ0v) is 9.81. The zero-order valence-electron chi connectivity index (χ0n) is 9.00. The van der Waals surface area contributed by atoms with E-state index in [1.54, 1.807) is 0 Å². The summed E-state index contributed by atoms with van der Waals surface area (Å²) in [7, 11) is 0. The van der Waals surface area contributed by atoms with Gasteiger partial charge in [0.15, 0.2) is 0 Å². The van der Waals surface area contributed by atoms with Gasteiger partial charge in [-0.1, -0.05) is 0 Å². The lowest BCUT2D eigenvalue weighted by Crippen LogP contribution is -2.40. The molecular formula is C11H21NOS. The van der Waals surface area contributed by atoms with Crippen LogP contribution in [0.4, 0.5) is 0 Å². The molecule has 2 saturated heterocycles. The summed E-state index contributed by atoms with van der Waals surface area (Å²) >= 11 is 2.14. The Bertz CT molecular complexity index is 171. The Morgan fingerprint density at radius 1 is 1.43 bits per heavy atom. The van der Waals surface area contributed by atoms with Crippen LogP contribution in [0.3, 0.4) is 0 Å². The first-order valence-corrected chi connectivity index (χ1v) is 6.86. The van der Waals surface area contributed by atoms with E-state index in [-0.39, 0.29) is 0 Å². The first-order chi connectivity index (χ1) is 6.84. The largest absolute Gasteiger partial charge is 0.378 e. The van der Waals surface area contributed by atoms with Crippen molar-refractivity contribution in [2.75, 3.05) is 18.9 Å². The van der Waals surface area contributed by atoms with Crippen LogP contribution in [0.5, 0.6) is 0 Å². The maximum Gasteiger partial charge on any atom is 0.0561 e. The molecule has 0 aromatic heterocycles. The van der Waals surface area contributed by atoms with E-state index in [1.165, 1.54) is 38.0 Å². The molecule has 1 N–H and O–H groups in total. The van der Waals surface area contributed by atoms with E-state index in [9.17, 15) is 0 Å². The lowest BCUT2D eigenvalue weighted by molar-refractivity contribution is 0.0135. The van der Waals surface area contributed by atoms with Gasteiger partial charge in [0.2, 0.25) is 0 Å². The van der Waals surface area contributed by atoms with Crippen molar-refractivity contribution in [3.63, 3.8) is 0 Å². The van der Waals surface area contributed by atoms with Crippen LogP contribution in [-0.4, -0.2) is 36.3 Å². The second kappa shape index (κ2) is 5.38. The number of hydrogen-bond acceptors (Lipinski definition) is 3. The molecule has 3 atom stereocenters. The van der Waals surface area contributed by atoms with Crippen molar-refractivity contribution in [1.82, 2.24) is 5.32 Å². The third-order valence-corrected chi connectivity index (χ3v) is 4.54. The molecule has 2 aliphatic rings. The lowest BCUT2D eigenvalue weighted by atomic mass is 10.0. The maximum absolute atomic E-state index is 5.53. The van der Waals surface area contributed by atoms with Crippen LogP contribution in [-0.2, 0) is 4.74 Å². The van der Waals surface area contributed by atoms with E-state index in [1.807, 2.05) is 0 Å². The van der Waals surface area contributed by atoms with Crippen molar-refractivity contribution in [1.29, 1.82) is 0 Å². The van der Waals surface area contributed by atoms with Gasteiger partial charge in [0.25, 0.3) is 0 Å². The Labute approximate surface area is 91.2 Å². The number of nitrogens with one attached hydrogen (secondary N) is 1. The van der Waals surface area contributed by atoms with Crippen LogP contribution in [0.2, 0.25) is 0 Å². The highest BCUT2D eigenvalue weighted by atomic mass is 32.2. The van der Waals surface area contributed by atoms with Crippen LogP contribution in [0.25, 0.3) is 0 Å². The minimum Gasteiger partial charge on any atom is -0.378 e. The van der Waals surface area contributed by atoms with E-state index in [0.29, 0.717) is 12.1 Å². The number of hydrogen-bond donors (Lipinski definition) is 1. The topological polar surface area (TPSA) is 21.3 Å². The standard InChI is InChI=1S/C11H21NOS/c1-9-7-10(4-5-13-9)12-8-11-3-2-6-14-11/h9-12H,2-8H2,1H3.